The first-order valence-corrected chi connectivity index (χ1v) is 6.65. The van der Waals surface area contributed by atoms with Crippen LogP contribution in [0.3, 0.4) is 0 Å². The molecule has 1 aromatic carbocycles. The van der Waals surface area contributed by atoms with Crippen molar-refractivity contribution in [2.24, 2.45) is 5.41 Å². The minimum atomic E-state index is -0.258. The molecule has 2 aliphatic heterocycles. The van der Waals surface area contributed by atoms with Gasteiger partial charge in [0.1, 0.15) is 6.29 Å². The Hall–Kier alpha value is -1.19. The van der Waals surface area contributed by atoms with Crippen LogP contribution in [0.25, 0.3) is 0 Å². The fraction of sp³-hybridized carbons (Fsp3) is 0.533. The van der Waals surface area contributed by atoms with Crippen molar-refractivity contribution in [2.75, 3.05) is 26.3 Å². The van der Waals surface area contributed by atoms with Gasteiger partial charge in [-0.15, -0.1) is 0 Å². The third kappa shape index (κ3) is 2.20. The highest BCUT2D eigenvalue weighted by Gasteiger charge is 2.37. The second-order valence-electron chi connectivity index (χ2n) is 5.51. The molecule has 1 fully saturated rings. The van der Waals surface area contributed by atoms with Crippen molar-refractivity contribution < 1.29 is 9.53 Å². The summed E-state index contributed by atoms with van der Waals surface area (Å²) in [5.74, 6) is 0. The lowest BCUT2D eigenvalue weighted by Crippen LogP contribution is -2.41. The van der Waals surface area contributed by atoms with Crippen LogP contribution < -0.4 is 0 Å². The summed E-state index contributed by atoms with van der Waals surface area (Å²) in [7, 11) is 0. The summed E-state index contributed by atoms with van der Waals surface area (Å²) in [6, 6.07) is 8.60. The molecule has 1 atom stereocenters. The highest BCUT2D eigenvalue weighted by atomic mass is 16.5. The molecule has 0 spiro atoms. The minimum Gasteiger partial charge on any atom is -0.380 e. The van der Waals surface area contributed by atoms with E-state index < -0.39 is 0 Å². The second kappa shape index (κ2) is 4.82. The van der Waals surface area contributed by atoms with Gasteiger partial charge in [0.25, 0.3) is 0 Å². The first kappa shape index (κ1) is 11.9. The lowest BCUT2D eigenvalue weighted by atomic mass is 9.87. The summed E-state index contributed by atoms with van der Waals surface area (Å²) in [6.07, 6.45) is 3.07. The van der Waals surface area contributed by atoms with Crippen LogP contribution >= 0.6 is 0 Å². The SMILES string of the molecule is O=CC1(CN2CCc3ccccc3C2)CCOC1. The zero-order valence-electron chi connectivity index (χ0n) is 10.6. The van der Waals surface area contributed by atoms with E-state index in [2.05, 4.69) is 29.2 Å². The number of aldehydes is 1. The molecule has 1 saturated heterocycles. The molecule has 0 saturated carbocycles. The Morgan fingerprint density at radius 2 is 2.17 bits per heavy atom. The van der Waals surface area contributed by atoms with Gasteiger partial charge in [-0.1, -0.05) is 24.3 Å². The summed E-state index contributed by atoms with van der Waals surface area (Å²) in [4.78, 5) is 13.7. The molecule has 3 nitrogen and oxygen atoms in total. The van der Waals surface area contributed by atoms with E-state index in [-0.39, 0.29) is 5.41 Å². The van der Waals surface area contributed by atoms with Crippen LogP contribution in [0.1, 0.15) is 17.5 Å². The third-order valence-corrected chi connectivity index (χ3v) is 4.13. The normalized spacial score (nSPS) is 28.0. The standard InChI is InChI=1S/C15H19NO2/c17-11-15(6-8-18-12-15)10-16-7-5-13-3-1-2-4-14(13)9-16/h1-4,11H,5-10,12H2. The molecule has 0 amide bonds. The molecule has 0 N–H and O–H groups in total. The van der Waals surface area contributed by atoms with E-state index in [0.717, 1.165) is 45.4 Å². The maximum absolute atomic E-state index is 11.3. The predicted molar refractivity (Wildman–Crippen MR) is 69.4 cm³/mol. The average Bonchev–Trinajstić information content (AvgIpc) is 2.88. The monoisotopic (exact) mass is 245 g/mol. The van der Waals surface area contributed by atoms with Gasteiger partial charge in [0.2, 0.25) is 0 Å². The van der Waals surface area contributed by atoms with Crippen LogP contribution in [0.5, 0.6) is 0 Å². The smallest absolute Gasteiger partial charge is 0.129 e. The number of carbonyl (C=O) groups is 1. The van der Waals surface area contributed by atoms with Gasteiger partial charge in [-0.2, -0.15) is 0 Å². The zero-order valence-corrected chi connectivity index (χ0v) is 10.6. The molecule has 3 heteroatoms. The van der Waals surface area contributed by atoms with Crippen molar-refractivity contribution >= 4 is 6.29 Å². The molecule has 0 aliphatic carbocycles. The van der Waals surface area contributed by atoms with Crippen molar-refractivity contribution in [3.05, 3.63) is 35.4 Å². The van der Waals surface area contributed by atoms with Gasteiger partial charge >= 0.3 is 0 Å². The van der Waals surface area contributed by atoms with Gasteiger partial charge in [0.15, 0.2) is 0 Å². The molecule has 1 aromatic rings. The second-order valence-corrected chi connectivity index (χ2v) is 5.51. The predicted octanol–water partition coefficient (Wildman–Crippen LogP) is 1.65. The van der Waals surface area contributed by atoms with Crippen LogP contribution in [0.15, 0.2) is 24.3 Å². The van der Waals surface area contributed by atoms with Gasteiger partial charge in [-0.3, -0.25) is 4.90 Å². The molecule has 18 heavy (non-hydrogen) atoms. The van der Waals surface area contributed by atoms with Crippen molar-refractivity contribution in [1.82, 2.24) is 4.90 Å². The summed E-state index contributed by atoms with van der Waals surface area (Å²) in [5, 5.41) is 0. The van der Waals surface area contributed by atoms with Crippen molar-refractivity contribution in [3.63, 3.8) is 0 Å². The fourth-order valence-electron chi connectivity index (χ4n) is 3.01. The van der Waals surface area contributed by atoms with Crippen LogP contribution in [0.2, 0.25) is 0 Å². The van der Waals surface area contributed by atoms with Crippen molar-refractivity contribution in [3.8, 4) is 0 Å². The summed E-state index contributed by atoms with van der Waals surface area (Å²) in [6.45, 7) is 4.17. The zero-order chi connectivity index (χ0) is 12.4. The number of fused-ring (bicyclic) bond motifs is 1. The molecule has 3 rings (SSSR count). The van der Waals surface area contributed by atoms with Gasteiger partial charge in [0.05, 0.1) is 12.0 Å². The molecular weight excluding hydrogens is 226 g/mol. The van der Waals surface area contributed by atoms with E-state index in [1.807, 2.05) is 0 Å². The Labute approximate surface area is 108 Å². The topological polar surface area (TPSA) is 29.5 Å². The lowest BCUT2D eigenvalue weighted by molar-refractivity contribution is -0.117. The number of carbonyl (C=O) groups excluding carboxylic acids is 1. The minimum absolute atomic E-state index is 0.258. The molecule has 96 valence electrons. The lowest BCUT2D eigenvalue weighted by Gasteiger charge is -2.34. The molecule has 2 heterocycles. The Morgan fingerprint density at radius 3 is 2.89 bits per heavy atom. The van der Waals surface area contributed by atoms with E-state index in [1.165, 1.54) is 11.1 Å². The number of nitrogens with zero attached hydrogens (tertiary/aromatic N) is 1. The molecule has 1 unspecified atom stereocenters. The summed E-state index contributed by atoms with van der Waals surface area (Å²) < 4.78 is 5.40. The van der Waals surface area contributed by atoms with Gasteiger partial charge in [0, 0.05) is 26.2 Å². The quantitative estimate of drug-likeness (QED) is 0.758. The maximum atomic E-state index is 11.3. The van der Waals surface area contributed by atoms with Gasteiger partial charge in [-0.05, 0) is 24.0 Å². The van der Waals surface area contributed by atoms with E-state index in [4.69, 9.17) is 4.74 Å². The average molecular weight is 245 g/mol. The number of rotatable bonds is 3. The summed E-state index contributed by atoms with van der Waals surface area (Å²) >= 11 is 0. The van der Waals surface area contributed by atoms with Gasteiger partial charge < -0.3 is 9.53 Å². The molecule has 0 bridgehead atoms. The fourth-order valence-corrected chi connectivity index (χ4v) is 3.01. The number of hydrogen-bond acceptors (Lipinski definition) is 3. The highest BCUT2D eigenvalue weighted by Crippen LogP contribution is 2.29. The van der Waals surface area contributed by atoms with E-state index in [0.29, 0.717) is 6.61 Å². The summed E-state index contributed by atoms with van der Waals surface area (Å²) in [5.41, 5.74) is 2.60. The number of ether oxygens (including phenoxy) is 1. The maximum Gasteiger partial charge on any atom is 0.129 e. The Balaban J connectivity index is 1.71. The molecule has 2 aliphatic rings. The molecule has 0 radical (unpaired) electrons. The Morgan fingerprint density at radius 1 is 1.33 bits per heavy atom. The van der Waals surface area contributed by atoms with Crippen LogP contribution in [0.4, 0.5) is 0 Å². The van der Waals surface area contributed by atoms with E-state index in [9.17, 15) is 4.79 Å². The van der Waals surface area contributed by atoms with Crippen LogP contribution in [-0.2, 0) is 22.5 Å². The third-order valence-electron chi connectivity index (χ3n) is 4.13. The number of benzene rings is 1. The Kier molecular flexibility index (Phi) is 3.18. The van der Waals surface area contributed by atoms with Crippen molar-refractivity contribution in [1.29, 1.82) is 0 Å². The van der Waals surface area contributed by atoms with Crippen LogP contribution in [0, 0.1) is 5.41 Å². The largest absolute Gasteiger partial charge is 0.380 e. The van der Waals surface area contributed by atoms with E-state index in [1.54, 1.807) is 0 Å². The first-order chi connectivity index (χ1) is 8.81. The van der Waals surface area contributed by atoms with Crippen LogP contribution in [-0.4, -0.2) is 37.5 Å². The van der Waals surface area contributed by atoms with Crippen molar-refractivity contribution in [2.45, 2.75) is 19.4 Å². The van der Waals surface area contributed by atoms with Gasteiger partial charge in [-0.25, -0.2) is 0 Å². The molecular formula is C15H19NO2. The highest BCUT2D eigenvalue weighted by molar-refractivity contribution is 5.60. The Bertz CT molecular complexity index is 438. The number of hydrogen-bond donors (Lipinski definition) is 0. The van der Waals surface area contributed by atoms with E-state index >= 15 is 0 Å². The first-order valence-electron chi connectivity index (χ1n) is 6.65. The molecule has 0 aromatic heterocycles.